The maximum Gasteiger partial charge on any atom is 0.162 e. The Morgan fingerprint density at radius 2 is 1.97 bits per heavy atom. The van der Waals surface area contributed by atoms with Crippen molar-refractivity contribution in [3.05, 3.63) is 47.5 Å². The summed E-state index contributed by atoms with van der Waals surface area (Å²) in [5.41, 5.74) is 1.77. The molecule has 9 heteroatoms. The Labute approximate surface area is 196 Å². The van der Waals surface area contributed by atoms with E-state index in [-0.39, 0.29) is 5.02 Å². The number of anilines is 2. The van der Waals surface area contributed by atoms with Crippen molar-refractivity contribution < 1.29 is 18.6 Å². The number of hydrogen-bond acceptors (Lipinski definition) is 7. The first-order valence-corrected chi connectivity index (χ1v) is 11.4. The highest BCUT2D eigenvalue weighted by Crippen LogP contribution is 2.40. The summed E-state index contributed by atoms with van der Waals surface area (Å²) < 4.78 is 30.7. The molecule has 3 heterocycles. The molecule has 2 fully saturated rings. The Balaban J connectivity index is 1.29. The van der Waals surface area contributed by atoms with Gasteiger partial charge in [-0.2, -0.15) is 0 Å². The first kappa shape index (κ1) is 22.1. The van der Waals surface area contributed by atoms with Crippen LogP contribution in [-0.2, 0) is 4.74 Å². The third-order valence-electron chi connectivity index (χ3n) is 6.44. The molecule has 0 atom stereocenters. The lowest BCUT2D eigenvalue weighted by atomic mass is 9.73. The predicted octanol–water partition coefficient (Wildman–Crippen LogP) is 4.67. The summed E-state index contributed by atoms with van der Waals surface area (Å²) in [5, 5.41) is 3.99. The molecule has 0 saturated carbocycles. The maximum atomic E-state index is 13.5. The van der Waals surface area contributed by atoms with Gasteiger partial charge >= 0.3 is 0 Å². The molecule has 0 radical (unpaired) electrons. The molecule has 5 rings (SSSR count). The average molecular weight is 473 g/mol. The lowest BCUT2D eigenvalue weighted by Gasteiger charge is -2.52. The number of rotatable bonds is 7. The Morgan fingerprint density at radius 3 is 2.73 bits per heavy atom. The second-order valence-electron chi connectivity index (χ2n) is 8.67. The molecule has 0 amide bonds. The van der Waals surface area contributed by atoms with Crippen LogP contribution in [0.4, 0.5) is 15.9 Å². The molecule has 2 aromatic carbocycles. The summed E-state index contributed by atoms with van der Waals surface area (Å²) in [6.07, 6.45) is 3.77. The number of aromatic nitrogens is 2. The Bertz CT molecular complexity index is 1150. The van der Waals surface area contributed by atoms with Gasteiger partial charge in [0.1, 0.15) is 24.6 Å². The van der Waals surface area contributed by atoms with Crippen LogP contribution in [0.2, 0.25) is 5.02 Å². The molecule has 0 aliphatic carbocycles. The smallest absolute Gasteiger partial charge is 0.162 e. The third kappa shape index (κ3) is 4.69. The Hall–Kier alpha value is -2.68. The number of fused-ring (bicyclic) bond motifs is 1. The fourth-order valence-corrected chi connectivity index (χ4v) is 4.79. The lowest BCUT2D eigenvalue weighted by Crippen LogP contribution is -2.59. The van der Waals surface area contributed by atoms with Gasteiger partial charge in [-0.1, -0.05) is 11.6 Å². The van der Waals surface area contributed by atoms with Crippen molar-refractivity contribution in [1.82, 2.24) is 14.9 Å². The Morgan fingerprint density at radius 1 is 1.15 bits per heavy atom. The zero-order chi connectivity index (χ0) is 22.8. The van der Waals surface area contributed by atoms with Crippen LogP contribution in [-0.4, -0.2) is 61.4 Å². The lowest BCUT2D eigenvalue weighted by molar-refractivity contribution is -0.0829. The van der Waals surface area contributed by atoms with Crippen LogP contribution < -0.4 is 14.8 Å². The maximum absolute atomic E-state index is 13.5. The van der Waals surface area contributed by atoms with Crippen molar-refractivity contribution in [1.29, 1.82) is 0 Å². The fraction of sp³-hybridized carbons (Fsp3) is 0.417. The van der Waals surface area contributed by atoms with E-state index in [1.807, 2.05) is 12.1 Å². The molecule has 2 aliphatic rings. The topological polar surface area (TPSA) is 68.7 Å². The highest BCUT2D eigenvalue weighted by atomic mass is 35.5. The zero-order valence-corrected chi connectivity index (χ0v) is 19.2. The first-order chi connectivity index (χ1) is 16.0. The van der Waals surface area contributed by atoms with E-state index in [0.29, 0.717) is 40.5 Å². The molecule has 174 valence electrons. The quantitative estimate of drug-likeness (QED) is 0.536. The van der Waals surface area contributed by atoms with E-state index >= 15 is 0 Å². The van der Waals surface area contributed by atoms with Crippen LogP contribution in [0.3, 0.4) is 0 Å². The van der Waals surface area contributed by atoms with Crippen LogP contribution in [0.1, 0.15) is 12.8 Å². The zero-order valence-electron chi connectivity index (χ0n) is 18.4. The van der Waals surface area contributed by atoms with Crippen LogP contribution in [0, 0.1) is 11.2 Å². The van der Waals surface area contributed by atoms with Crippen molar-refractivity contribution in [2.75, 3.05) is 51.9 Å². The molecule has 2 aliphatic heterocycles. The molecule has 7 nitrogen and oxygen atoms in total. The summed E-state index contributed by atoms with van der Waals surface area (Å²) >= 11 is 5.92. The number of hydrogen-bond donors (Lipinski definition) is 1. The van der Waals surface area contributed by atoms with Crippen molar-refractivity contribution in [3.63, 3.8) is 0 Å². The standard InChI is InChI=1S/C24H26ClFN4O3/c1-31-21-12-20-17(23(28-15-27-20)29-16-2-3-19(26)18(25)10-16)11-22(21)33-9-6-30-13-24(14-30)4-7-32-8-5-24/h2-3,10-12,15H,4-9,13-14H2,1H3,(H,27,28,29). The summed E-state index contributed by atoms with van der Waals surface area (Å²) in [6, 6.07) is 8.14. The summed E-state index contributed by atoms with van der Waals surface area (Å²) in [4.78, 5) is 11.1. The van der Waals surface area contributed by atoms with E-state index in [1.54, 1.807) is 13.2 Å². The molecule has 0 bridgehead atoms. The minimum absolute atomic E-state index is 0.0394. The fourth-order valence-electron chi connectivity index (χ4n) is 4.61. The van der Waals surface area contributed by atoms with Gasteiger partial charge in [0.15, 0.2) is 11.5 Å². The van der Waals surface area contributed by atoms with Crippen molar-refractivity contribution in [2.24, 2.45) is 5.41 Å². The molecule has 1 spiro atoms. The van der Waals surface area contributed by atoms with Crippen LogP contribution >= 0.6 is 11.6 Å². The van der Waals surface area contributed by atoms with Gasteiger partial charge in [-0.25, -0.2) is 14.4 Å². The number of methoxy groups -OCH3 is 1. The van der Waals surface area contributed by atoms with Gasteiger partial charge in [0.05, 0.1) is 17.6 Å². The largest absolute Gasteiger partial charge is 0.493 e. The van der Waals surface area contributed by atoms with Crippen molar-refractivity contribution in [2.45, 2.75) is 12.8 Å². The van der Waals surface area contributed by atoms with E-state index in [4.69, 9.17) is 25.8 Å². The number of likely N-dealkylation sites (tertiary alicyclic amines) is 1. The van der Waals surface area contributed by atoms with Gasteiger partial charge in [0.2, 0.25) is 0 Å². The van der Waals surface area contributed by atoms with Gasteiger partial charge in [-0.15, -0.1) is 0 Å². The van der Waals surface area contributed by atoms with Crippen LogP contribution in [0.15, 0.2) is 36.7 Å². The number of nitrogens with one attached hydrogen (secondary N) is 1. The SMILES string of the molecule is COc1cc2ncnc(Nc3ccc(F)c(Cl)c3)c2cc1OCCN1CC2(CCOCC2)C1. The highest BCUT2D eigenvalue weighted by Gasteiger charge is 2.43. The first-order valence-electron chi connectivity index (χ1n) is 11.0. The van der Waals surface area contributed by atoms with Gasteiger partial charge in [-0.3, -0.25) is 4.90 Å². The summed E-state index contributed by atoms with van der Waals surface area (Å²) in [5.74, 6) is 1.34. The molecule has 1 N–H and O–H groups in total. The number of halogens is 2. The molecule has 2 saturated heterocycles. The molecule has 1 aromatic heterocycles. The monoisotopic (exact) mass is 472 g/mol. The molecular formula is C24H26ClFN4O3. The summed E-state index contributed by atoms with van der Waals surface area (Å²) in [6.45, 7) is 5.38. The third-order valence-corrected chi connectivity index (χ3v) is 6.73. The van der Waals surface area contributed by atoms with E-state index in [0.717, 1.165) is 51.1 Å². The average Bonchev–Trinajstić information content (AvgIpc) is 2.81. The van der Waals surface area contributed by atoms with Gasteiger partial charge in [-0.05, 0) is 37.1 Å². The van der Waals surface area contributed by atoms with E-state index in [2.05, 4.69) is 20.2 Å². The molecule has 33 heavy (non-hydrogen) atoms. The normalized spacial score (nSPS) is 17.7. The number of nitrogens with zero attached hydrogens (tertiary/aromatic N) is 3. The minimum atomic E-state index is -0.472. The van der Waals surface area contributed by atoms with Crippen LogP contribution in [0.5, 0.6) is 11.5 Å². The molecule has 3 aromatic rings. The second-order valence-corrected chi connectivity index (χ2v) is 9.08. The number of ether oxygens (including phenoxy) is 3. The van der Waals surface area contributed by atoms with Gasteiger partial charge < -0.3 is 19.5 Å². The minimum Gasteiger partial charge on any atom is -0.493 e. The number of benzene rings is 2. The summed E-state index contributed by atoms with van der Waals surface area (Å²) in [7, 11) is 1.61. The predicted molar refractivity (Wildman–Crippen MR) is 125 cm³/mol. The van der Waals surface area contributed by atoms with E-state index in [9.17, 15) is 4.39 Å². The highest BCUT2D eigenvalue weighted by molar-refractivity contribution is 6.31. The van der Waals surface area contributed by atoms with Crippen molar-refractivity contribution in [3.8, 4) is 11.5 Å². The van der Waals surface area contributed by atoms with Crippen molar-refractivity contribution >= 4 is 34.0 Å². The molecule has 0 unspecified atom stereocenters. The Kier molecular flexibility index (Phi) is 6.23. The molecular weight excluding hydrogens is 447 g/mol. The van der Waals surface area contributed by atoms with E-state index < -0.39 is 5.82 Å². The van der Waals surface area contributed by atoms with Crippen LogP contribution in [0.25, 0.3) is 10.9 Å². The second kappa shape index (κ2) is 9.29. The van der Waals surface area contributed by atoms with Gasteiger partial charge in [0, 0.05) is 55.4 Å². The van der Waals surface area contributed by atoms with E-state index in [1.165, 1.54) is 18.5 Å². The van der Waals surface area contributed by atoms with Gasteiger partial charge in [0.25, 0.3) is 0 Å².